The fourth-order valence-corrected chi connectivity index (χ4v) is 1.86. The average Bonchev–Trinajstić information content (AvgIpc) is 2.64. The van der Waals surface area contributed by atoms with Crippen LogP contribution in [0, 0.1) is 0 Å². The van der Waals surface area contributed by atoms with E-state index in [1.165, 1.54) is 0 Å². The predicted molar refractivity (Wildman–Crippen MR) is 90.8 cm³/mol. The lowest BCUT2D eigenvalue weighted by atomic mass is 10.2. The molecule has 1 aromatic rings. The lowest BCUT2D eigenvalue weighted by Crippen LogP contribution is -2.41. The standard InChI is InChI=1S/C17H26N2O6/c18-9-5-2-6-10-23-16(21)19-15(11-20)13-25-17(22)24-12-14-7-3-1-4-8-14/h1,3-4,7-8,15,20H,2,5-6,9-13,18H2,(H,19,21). The zero-order valence-electron chi connectivity index (χ0n) is 14.2. The molecule has 1 aromatic carbocycles. The summed E-state index contributed by atoms with van der Waals surface area (Å²) in [6.45, 7) is 0.350. The summed E-state index contributed by atoms with van der Waals surface area (Å²) in [5.74, 6) is 0. The normalized spacial score (nSPS) is 11.4. The Balaban J connectivity index is 2.17. The van der Waals surface area contributed by atoms with Crippen molar-refractivity contribution >= 4 is 12.2 Å². The Morgan fingerprint density at radius 2 is 1.84 bits per heavy atom. The van der Waals surface area contributed by atoms with Crippen molar-refractivity contribution in [3.63, 3.8) is 0 Å². The van der Waals surface area contributed by atoms with E-state index in [2.05, 4.69) is 5.32 Å². The fourth-order valence-electron chi connectivity index (χ4n) is 1.86. The molecule has 4 N–H and O–H groups in total. The summed E-state index contributed by atoms with van der Waals surface area (Å²) in [6.07, 6.45) is 0.927. The number of nitrogens with two attached hydrogens (primary N) is 1. The highest BCUT2D eigenvalue weighted by Crippen LogP contribution is 2.02. The van der Waals surface area contributed by atoms with Gasteiger partial charge in [0.25, 0.3) is 0 Å². The van der Waals surface area contributed by atoms with Gasteiger partial charge in [-0.3, -0.25) is 0 Å². The topological polar surface area (TPSA) is 120 Å². The van der Waals surface area contributed by atoms with E-state index in [0.717, 1.165) is 24.8 Å². The largest absolute Gasteiger partial charge is 0.508 e. The molecule has 0 spiro atoms. The second-order valence-corrected chi connectivity index (χ2v) is 5.34. The van der Waals surface area contributed by atoms with Crippen LogP contribution in [0.2, 0.25) is 0 Å². The molecule has 0 aliphatic heterocycles. The number of aliphatic hydroxyl groups is 1. The number of benzene rings is 1. The number of amides is 1. The zero-order chi connectivity index (χ0) is 18.3. The maximum atomic E-state index is 11.6. The summed E-state index contributed by atoms with van der Waals surface area (Å²) in [6, 6.07) is 8.38. The highest BCUT2D eigenvalue weighted by molar-refractivity contribution is 5.67. The second-order valence-electron chi connectivity index (χ2n) is 5.34. The Kier molecular flexibility index (Phi) is 10.8. The van der Waals surface area contributed by atoms with E-state index in [1.807, 2.05) is 30.3 Å². The number of carbonyl (C=O) groups excluding carboxylic acids is 2. The van der Waals surface area contributed by atoms with Crippen LogP contribution >= 0.6 is 0 Å². The van der Waals surface area contributed by atoms with Crippen molar-refractivity contribution in [2.75, 3.05) is 26.4 Å². The molecule has 0 aliphatic carbocycles. The van der Waals surface area contributed by atoms with Gasteiger partial charge >= 0.3 is 12.2 Å². The number of hydrogen-bond donors (Lipinski definition) is 3. The van der Waals surface area contributed by atoms with Crippen LogP contribution in [0.3, 0.4) is 0 Å². The SMILES string of the molecule is NCCCCCOC(=O)NC(CO)COC(=O)OCc1ccccc1. The van der Waals surface area contributed by atoms with E-state index in [1.54, 1.807) is 0 Å². The zero-order valence-corrected chi connectivity index (χ0v) is 14.2. The summed E-state index contributed by atoms with van der Waals surface area (Å²) in [5.41, 5.74) is 6.20. The number of unbranched alkanes of at least 4 members (excludes halogenated alkanes) is 2. The Morgan fingerprint density at radius 1 is 1.08 bits per heavy atom. The van der Waals surface area contributed by atoms with Crippen LogP contribution in [0.4, 0.5) is 9.59 Å². The molecule has 1 rings (SSSR count). The Bertz CT molecular complexity index is 497. The molecular weight excluding hydrogens is 328 g/mol. The van der Waals surface area contributed by atoms with Gasteiger partial charge in [0.2, 0.25) is 0 Å². The average molecular weight is 354 g/mol. The van der Waals surface area contributed by atoms with Gasteiger partial charge in [-0.15, -0.1) is 0 Å². The smallest absolute Gasteiger partial charge is 0.450 e. The molecule has 0 saturated carbocycles. The molecule has 140 valence electrons. The molecule has 25 heavy (non-hydrogen) atoms. The monoisotopic (exact) mass is 354 g/mol. The molecule has 0 aliphatic rings. The van der Waals surface area contributed by atoms with Gasteiger partial charge in [-0.1, -0.05) is 30.3 Å². The van der Waals surface area contributed by atoms with Gasteiger partial charge in [0.05, 0.1) is 19.3 Å². The van der Waals surface area contributed by atoms with Crippen molar-refractivity contribution in [3.8, 4) is 0 Å². The van der Waals surface area contributed by atoms with Crippen LogP contribution in [-0.4, -0.2) is 49.8 Å². The number of nitrogens with one attached hydrogen (secondary N) is 1. The summed E-state index contributed by atoms with van der Waals surface area (Å²) < 4.78 is 14.8. The van der Waals surface area contributed by atoms with Crippen molar-refractivity contribution < 1.29 is 28.9 Å². The first-order chi connectivity index (χ1) is 12.2. The summed E-state index contributed by atoms with van der Waals surface area (Å²) in [4.78, 5) is 23.1. The third kappa shape index (κ3) is 10.2. The van der Waals surface area contributed by atoms with Crippen LogP contribution in [0.15, 0.2) is 30.3 Å². The molecule has 0 aromatic heterocycles. The third-order valence-electron chi connectivity index (χ3n) is 3.23. The van der Waals surface area contributed by atoms with Gasteiger partial charge in [0.1, 0.15) is 13.2 Å². The molecule has 0 fully saturated rings. The van der Waals surface area contributed by atoms with Gasteiger partial charge in [-0.05, 0) is 31.4 Å². The van der Waals surface area contributed by atoms with Gasteiger partial charge in [-0.2, -0.15) is 0 Å². The molecule has 0 radical (unpaired) electrons. The van der Waals surface area contributed by atoms with E-state index < -0.39 is 24.9 Å². The van der Waals surface area contributed by atoms with E-state index >= 15 is 0 Å². The number of hydrogen-bond acceptors (Lipinski definition) is 7. The van der Waals surface area contributed by atoms with Crippen molar-refractivity contribution in [3.05, 3.63) is 35.9 Å². The number of rotatable bonds is 11. The first-order valence-electron chi connectivity index (χ1n) is 8.23. The molecule has 1 unspecified atom stereocenters. The molecule has 1 amide bonds. The third-order valence-corrected chi connectivity index (χ3v) is 3.23. The quantitative estimate of drug-likeness (QED) is 0.407. The Labute approximate surface area is 147 Å². The molecular formula is C17H26N2O6. The van der Waals surface area contributed by atoms with E-state index in [9.17, 15) is 14.7 Å². The van der Waals surface area contributed by atoms with Gasteiger partial charge in [0, 0.05) is 0 Å². The van der Waals surface area contributed by atoms with Crippen LogP contribution in [-0.2, 0) is 20.8 Å². The summed E-state index contributed by atoms with van der Waals surface area (Å²) in [5, 5.41) is 11.6. The molecule has 0 bridgehead atoms. The van der Waals surface area contributed by atoms with E-state index in [-0.39, 0.29) is 19.8 Å². The Morgan fingerprint density at radius 3 is 2.52 bits per heavy atom. The molecule has 0 heterocycles. The van der Waals surface area contributed by atoms with Crippen molar-refractivity contribution in [2.45, 2.75) is 31.9 Å². The first-order valence-corrected chi connectivity index (χ1v) is 8.23. The Hall–Kier alpha value is -2.32. The number of aliphatic hydroxyl groups excluding tert-OH is 1. The van der Waals surface area contributed by atoms with Crippen LogP contribution < -0.4 is 11.1 Å². The molecule has 0 saturated heterocycles. The highest BCUT2D eigenvalue weighted by atomic mass is 16.7. The summed E-state index contributed by atoms with van der Waals surface area (Å²) >= 11 is 0. The van der Waals surface area contributed by atoms with E-state index in [0.29, 0.717) is 6.54 Å². The molecule has 1 atom stereocenters. The number of ether oxygens (including phenoxy) is 3. The first kappa shape index (κ1) is 20.7. The molecule has 8 heteroatoms. The predicted octanol–water partition coefficient (Wildman–Crippen LogP) is 1.56. The number of carbonyl (C=O) groups is 2. The van der Waals surface area contributed by atoms with Crippen molar-refractivity contribution in [1.82, 2.24) is 5.32 Å². The summed E-state index contributed by atoms with van der Waals surface area (Å²) in [7, 11) is 0. The highest BCUT2D eigenvalue weighted by Gasteiger charge is 2.15. The van der Waals surface area contributed by atoms with Crippen molar-refractivity contribution in [2.24, 2.45) is 5.73 Å². The minimum Gasteiger partial charge on any atom is -0.450 e. The van der Waals surface area contributed by atoms with Crippen LogP contribution in [0.25, 0.3) is 0 Å². The van der Waals surface area contributed by atoms with E-state index in [4.69, 9.17) is 19.9 Å². The molecule has 8 nitrogen and oxygen atoms in total. The van der Waals surface area contributed by atoms with Gasteiger partial charge in [0.15, 0.2) is 0 Å². The lowest BCUT2D eigenvalue weighted by Gasteiger charge is -2.16. The van der Waals surface area contributed by atoms with Crippen LogP contribution in [0.5, 0.6) is 0 Å². The fraction of sp³-hybridized carbons (Fsp3) is 0.529. The van der Waals surface area contributed by atoms with Gasteiger partial charge < -0.3 is 30.4 Å². The minimum absolute atomic E-state index is 0.0851. The lowest BCUT2D eigenvalue weighted by molar-refractivity contribution is 0.0368. The number of alkyl carbamates (subject to hydrolysis) is 1. The minimum atomic E-state index is -0.876. The maximum Gasteiger partial charge on any atom is 0.508 e. The van der Waals surface area contributed by atoms with Crippen LogP contribution in [0.1, 0.15) is 24.8 Å². The second kappa shape index (κ2) is 13.0. The van der Waals surface area contributed by atoms with Crippen molar-refractivity contribution in [1.29, 1.82) is 0 Å². The maximum absolute atomic E-state index is 11.6. The van der Waals surface area contributed by atoms with Gasteiger partial charge in [-0.25, -0.2) is 9.59 Å².